The molecule has 126 valence electrons. The van der Waals surface area contributed by atoms with E-state index in [0.29, 0.717) is 24.4 Å². The van der Waals surface area contributed by atoms with E-state index < -0.39 is 56.3 Å². The number of phenols is 2. The molecule has 1 aromatic carbocycles. The van der Waals surface area contributed by atoms with Gasteiger partial charge in [0.2, 0.25) is 5.75 Å². The monoisotopic (exact) mass is 344 g/mol. The van der Waals surface area contributed by atoms with Crippen LogP contribution in [0.4, 0.5) is 18.9 Å². The van der Waals surface area contributed by atoms with Gasteiger partial charge in [-0.3, -0.25) is 19.7 Å². The van der Waals surface area contributed by atoms with Crippen molar-refractivity contribution in [2.24, 2.45) is 0 Å². The van der Waals surface area contributed by atoms with Crippen LogP contribution in [0.1, 0.15) is 21.6 Å². The number of hydrogen-bond donors (Lipinski definition) is 3. The normalized spacial score (nSPS) is 11.3. The largest absolute Gasteiger partial charge is 0.504 e. The summed E-state index contributed by atoms with van der Waals surface area (Å²) in [5.41, 5.74) is -6.04. The van der Waals surface area contributed by atoms with Crippen molar-refractivity contribution in [2.45, 2.75) is 6.18 Å². The number of rotatable bonds is 3. The average molecular weight is 344 g/mol. The smallest absolute Gasteiger partial charge is 0.432 e. The van der Waals surface area contributed by atoms with Crippen LogP contribution in [-0.4, -0.2) is 25.9 Å². The minimum atomic E-state index is -5.06. The Balaban J connectivity index is 2.72. The molecule has 0 saturated carbocycles. The second-order valence-electron chi connectivity index (χ2n) is 4.54. The van der Waals surface area contributed by atoms with Gasteiger partial charge in [-0.15, -0.1) is 0 Å². The van der Waals surface area contributed by atoms with E-state index in [4.69, 9.17) is 0 Å². The number of nitrogens with zero attached hydrogens (tertiary/aromatic N) is 1. The Bertz CT molecular complexity index is 904. The first kappa shape index (κ1) is 17.0. The van der Waals surface area contributed by atoms with Crippen molar-refractivity contribution < 1.29 is 33.1 Å². The van der Waals surface area contributed by atoms with Crippen molar-refractivity contribution in [3.63, 3.8) is 0 Å². The number of phenolic OH excluding ortho intramolecular Hbond substituents is 2. The predicted octanol–water partition coefficient (Wildman–Crippen LogP) is 1.94. The van der Waals surface area contributed by atoms with Gasteiger partial charge in [0.05, 0.1) is 10.5 Å². The number of nitrogens with one attached hydrogen (secondary N) is 1. The number of alkyl halides is 3. The molecule has 2 rings (SSSR count). The van der Waals surface area contributed by atoms with Crippen LogP contribution < -0.4 is 5.43 Å². The molecule has 0 radical (unpaired) electrons. The van der Waals surface area contributed by atoms with E-state index in [9.17, 15) is 43.1 Å². The Hall–Kier alpha value is -3.37. The molecule has 11 heteroatoms. The first-order valence-corrected chi connectivity index (χ1v) is 6.08. The van der Waals surface area contributed by atoms with Crippen LogP contribution in [0.3, 0.4) is 0 Å². The van der Waals surface area contributed by atoms with Gasteiger partial charge in [0.15, 0.2) is 17.0 Å². The Morgan fingerprint density at radius 2 is 1.88 bits per heavy atom. The van der Waals surface area contributed by atoms with Crippen molar-refractivity contribution in [1.82, 2.24) is 4.98 Å². The second-order valence-corrected chi connectivity index (χ2v) is 4.54. The quantitative estimate of drug-likeness (QED) is 0.337. The lowest BCUT2D eigenvalue weighted by Gasteiger charge is -2.11. The molecule has 3 N–H and O–H groups in total. The lowest BCUT2D eigenvalue weighted by atomic mass is 10.00. The van der Waals surface area contributed by atoms with Crippen molar-refractivity contribution in [1.29, 1.82) is 0 Å². The van der Waals surface area contributed by atoms with Crippen molar-refractivity contribution in [3.05, 3.63) is 61.6 Å². The summed E-state index contributed by atoms with van der Waals surface area (Å²) in [7, 11) is 0. The van der Waals surface area contributed by atoms with E-state index in [0.717, 1.165) is 0 Å². The van der Waals surface area contributed by atoms with Crippen LogP contribution in [0.15, 0.2) is 29.2 Å². The van der Waals surface area contributed by atoms with E-state index in [1.165, 1.54) is 0 Å². The Labute approximate surface area is 129 Å². The summed E-state index contributed by atoms with van der Waals surface area (Å²) in [6.07, 6.45) is -4.37. The summed E-state index contributed by atoms with van der Waals surface area (Å²) in [5, 5.41) is 29.5. The number of benzene rings is 1. The molecule has 0 saturated heterocycles. The third kappa shape index (κ3) is 2.91. The fourth-order valence-electron chi connectivity index (χ4n) is 1.95. The maximum Gasteiger partial charge on any atom is 0.432 e. The molecule has 2 aromatic rings. The number of pyridine rings is 1. The molecule has 1 aromatic heterocycles. The van der Waals surface area contributed by atoms with Crippen LogP contribution in [0.25, 0.3) is 0 Å². The molecule has 8 nitrogen and oxygen atoms in total. The van der Waals surface area contributed by atoms with Gasteiger partial charge in [-0.05, 0) is 6.07 Å². The number of carbonyl (C=O) groups excluding carboxylic acids is 1. The second kappa shape index (κ2) is 5.68. The molecular weight excluding hydrogens is 337 g/mol. The van der Waals surface area contributed by atoms with E-state index >= 15 is 0 Å². The molecule has 0 atom stereocenters. The molecule has 0 aliphatic heterocycles. The number of aromatic amines is 1. The number of carbonyl (C=O) groups is 1. The summed E-state index contributed by atoms with van der Waals surface area (Å²) in [5.74, 6) is -3.74. The van der Waals surface area contributed by atoms with Gasteiger partial charge in [-0.2, -0.15) is 13.2 Å². The predicted molar refractivity (Wildman–Crippen MR) is 71.9 cm³/mol. The summed E-state index contributed by atoms with van der Waals surface area (Å²) in [4.78, 5) is 35.3. The van der Waals surface area contributed by atoms with Crippen LogP contribution in [-0.2, 0) is 6.18 Å². The summed E-state index contributed by atoms with van der Waals surface area (Å²) < 4.78 is 38.8. The molecular formula is C13H7F3N2O6. The van der Waals surface area contributed by atoms with Crippen molar-refractivity contribution in [3.8, 4) is 11.5 Å². The van der Waals surface area contributed by atoms with Gasteiger partial charge in [-0.1, -0.05) is 0 Å². The zero-order chi connectivity index (χ0) is 18.2. The highest BCUT2D eigenvalue weighted by Gasteiger charge is 2.38. The molecule has 0 amide bonds. The first-order valence-electron chi connectivity index (χ1n) is 6.08. The summed E-state index contributed by atoms with van der Waals surface area (Å²) in [6, 6.07) is 1.67. The van der Waals surface area contributed by atoms with Gasteiger partial charge in [0.1, 0.15) is 5.69 Å². The lowest BCUT2D eigenvalue weighted by Crippen LogP contribution is -2.24. The topological polar surface area (TPSA) is 134 Å². The SMILES string of the molecule is O=C(c1cc(O)c(O)c([N+](=O)[O-])c1)c1c(C(F)(F)F)[nH]ccc1=O. The zero-order valence-electron chi connectivity index (χ0n) is 11.4. The maximum absolute atomic E-state index is 12.9. The standard InChI is InChI=1S/C13H7F3N2O6/c14-13(15,16)12-9(7(19)1-2-17-12)10(21)5-3-6(18(23)24)11(22)8(20)4-5/h1-4,20,22H,(H,17,19). The number of nitro groups is 1. The highest BCUT2D eigenvalue weighted by Crippen LogP contribution is 2.37. The molecule has 0 fully saturated rings. The number of ketones is 1. The minimum absolute atomic E-state index is 0.462. The number of aromatic nitrogens is 1. The molecule has 24 heavy (non-hydrogen) atoms. The first-order chi connectivity index (χ1) is 11.0. The van der Waals surface area contributed by atoms with Crippen LogP contribution >= 0.6 is 0 Å². The van der Waals surface area contributed by atoms with E-state index in [1.807, 2.05) is 0 Å². The number of H-pyrrole nitrogens is 1. The molecule has 0 aliphatic rings. The molecule has 0 spiro atoms. The highest BCUT2D eigenvalue weighted by molar-refractivity contribution is 6.10. The summed E-state index contributed by atoms with van der Waals surface area (Å²) in [6.45, 7) is 0. The van der Waals surface area contributed by atoms with E-state index in [1.54, 1.807) is 4.98 Å². The number of aromatic hydroxyl groups is 2. The Kier molecular flexibility index (Phi) is 4.02. The highest BCUT2D eigenvalue weighted by atomic mass is 19.4. The number of nitro benzene ring substituents is 1. The molecule has 1 heterocycles. The number of halogens is 3. The van der Waals surface area contributed by atoms with Gasteiger partial charge < -0.3 is 15.2 Å². The molecule has 0 aliphatic carbocycles. The fourth-order valence-corrected chi connectivity index (χ4v) is 1.95. The van der Waals surface area contributed by atoms with Gasteiger partial charge in [-0.25, -0.2) is 0 Å². The Morgan fingerprint density at radius 3 is 2.42 bits per heavy atom. The molecule has 0 bridgehead atoms. The third-order valence-electron chi connectivity index (χ3n) is 3.00. The number of hydrogen-bond acceptors (Lipinski definition) is 6. The van der Waals surface area contributed by atoms with E-state index in [2.05, 4.69) is 0 Å². The maximum atomic E-state index is 12.9. The van der Waals surface area contributed by atoms with Gasteiger partial charge in [0, 0.05) is 23.9 Å². The summed E-state index contributed by atoms with van der Waals surface area (Å²) >= 11 is 0. The van der Waals surface area contributed by atoms with Crippen molar-refractivity contribution in [2.75, 3.05) is 0 Å². The van der Waals surface area contributed by atoms with Crippen LogP contribution in [0.5, 0.6) is 11.5 Å². The molecule has 0 unspecified atom stereocenters. The fraction of sp³-hybridized carbons (Fsp3) is 0.0769. The van der Waals surface area contributed by atoms with Gasteiger partial charge >= 0.3 is 11.9 Å². The lowest BCUT2D eigenvalue weighted by molar-refractivity contribution is -0.386. The third-order valence-corrected chi connectivity index (χ3v) is 3.00. The van der Waals surface area contributed by atoms with Crippen molar-refractivity contribution >= 4 is 11.5 Å². The van der Waals surface area contributed by atoms with Crippen LogP contribution in [0, 0.1) is 10.1 Å². The average Bonchev–Trinajstić information content (AvgIpc) is 2.47. The Morgan fingerprint density at radius 1 is 1.25 bits per heavy atom. The minimum Gasteiger partial charge on any atom is -0.504 e. The zero-order valence-corrected chi connectivity index (χ0v) is 11.4. The van der Waals surface area contributed by atoms with Crippen LogP contribution in [0.2, 0.25) is 0 Å². The van der Waals surface area contributed by atoms with E-state index in [-0.39, 0.29) is 0 Å². The van der Waals surface area contributed by atoms with Gasteiger partial charge in [0.25, 0.3) is 0 Å².